The van der Waals surface area contributed by atoms with Crippen molar-refractivity contribution in [3.05, 3.63) is 70.5 Å². The summed E-state index contributed by atoms with van der Waals surface area (Å²) in [6, 6.07) is 14.3. The Kier molecular flexibility index (Phi) is 5.11. The normalized spacial score (nSPS) is 16.4. The predicted octanol–water partition coefficient (Wildman–Crippen LogP) is 3.33. The van der Waals surface area contributed by atoms with E-state index >= 15 is 0 Å². The van der Waals surface area contributed by atoms with Gasteiger partial charge in [-0.05, 0) is 24.1 Å². The number of oxime groups is 1. The molecule has 24 heavy (non-hydrogen) atoms. The topological polar surface area (TPSA) is 50.7 Å². The number of benzene rings is 2. The number of carbonyl (C=O) groups is 1. The first kappa shape index (κ1) is 16.5. The van der Waals surface area contributed by atoms with E-state index in [1.54, 1.807) is 6.07 Å². The number of rotatable bonds is 5. The monoisotopic (exact) mass is 346 g/mol. The van der Waals surface area contributed by atoms with Crippen molar-refractivity contribution < 1.29 is 14.0 Å². The van der Waals surface area contributed by atoms with E-state index < -0.39 is 11.9 Å². The van der Waals surface area contributed by atoms with Crippen LogP contribution >= 0.6 is 11.6 Å². The summed E-state index contributed by atoms with van der Waals surface area (Å²) in [5.74, 6) is -0.743. The number of carbonyl (C=O) groups excluding carboxylic acids is 1. The molecule has 0 saturated heterocycles. The molecule has 0 unspecified atom stereocenters. The fraction of sp³-hybridized carbons (Fsp3) is 0.222. The molecule has 3 rings (SSSR count). The van der Waals surface area contributed by atoms with E-state index in [0.29, 0.717) is 12.3 Å². The number of amides is 1. The van der Waals surface area contributed by atoms with E-state index in [1.807, 2.05) is 30.3 Å². The van der Waals surface area contributed by atoms with E-state index in [0.717, 1.165) is 12.0 Å². The van der Waals surface area contributed by atoms with Crippen molar-refractivity contribution in [2.75, 3.05) is 6.54 Å². The second-order valence-corrected chi connectivity index (χ2v) is 5.87. The van der Waals surface area contributed by atoms with E-state index in [4.69, 9.17) is 16.4 Å². The molecule has 0 aromatic heterocycles. The fourth-order valence-electron chi connectivity index (χ4n) is 2.53. The molecule has 0 bridgehead atoms. The number of halogens is 2. The van der Waals surface area contributed by atoms with Gasteiger partial charge in [0.15, 0.2) is 0 Å². The minimum absolute atomic E-state index is 0.192. The molecule has 1 N–H and O–H groups in total. The third-order valence-corrected chi connectivity index (χ3v) is 4.08. The van der Waals surface area contributed by atoms with Crippen molar-refractivity contribution in [1.29, 1.82) is 0 Å². The molecule has 0 saturated carbocycles. The Morgan fingerprint density at radius 2 is 2.04 bits per heavy atom. The first-order chi connectivity index (χ1) is 11.6. The van der Waals surface area contributed by atoms with Crippen molar-refractivity contribution >= 4 is 23.2 Å². The highest BCUT2D eigenvalue weighted by Crippen LogP contribution is 2.25. The lowest BCUT2D eigenvalue weighted by Gasteiger charge is -2.09. The summed E-state index contributed by atoms with van der Waals surface area (Å²) in [7, 11) is 0. The van der Waals surface area contributed by atoms with Gasteiger partial charge in [0.05, 0.1) is 16.3 Å². The molecule has 0 spiro atoms. The van der Waals surface area contributed by atoms with E-state index in [1.165, 1.54) is 12.1 Å². The maximum atomic E-state index is 13.9. The lowest BCUT2D eigenvalue weighted by atomic mass is 10.0. The minimum Gasteiger partial charge on any atom is -0.382 e. The fourth-order valence-corrected chi connectivity index (χ4v) is 2.80. The zero-order valence-corrected chi connectivity index (χ0v) is 13.6. The molecule has 0 radical (unpaired) electrons. The van der Waals surface area contributed by atoms with Crippen LogP contribution in [0.2, 0.25) is 5.02 Å². The Bertz CT molecular complexity index is 745. The van der Waals surface area contributed by atoms with Crippen molar-refractivity contribution in [3.63, 3.8) is 0 Å². The highest BCUT2D eigenvalue weighted by Gasteiger charge is 2.30. The minimum atomic E-state index is -0.758. The van der Waals surface area contributed by atoms with Gasteiger partial charge in [0.1, 0.15) is 5.82 Å². The van der Waals surface area contributed by atoms with E-state index in [9.17, 15) is 9.18 Å². The zero-order chi connectivity index (χ0) is 16.9. The predicted molar refractivity (Wildman–Crippen MR) is 90.6 cm³/mol. The van der Waals surface area contributed by atoms with Crippen molar-refractivity contribution in [2.24, 2.45) is 5.16 Å². The van der Waals surface area contributed by atoms with Gasteiger partial charge in [0.2, 0.25) is 6.10 Å². The second kappa shape index (κ2) is 7.45. The van der Waals surface area contributed by atoms with Crippen molar-refractivity contribution in [1.82, 2.24) is 5.32 Å². The first-order valence-electron chi connectivity index (χ1n) is 7.64. The van der Waals surface area contributed by atoms with Gasteiger partial charge in [-0.3, -0.25) is 4.79 Å². The van der Waals surface area contributed by atoms with Crippen LogP contribution in [-0.2, 0) is 16.1 Å². The highest BCUT2D eigenvalue weighted by molar-refractivity contribution is 6.34. The van der Waals surface area contributed by atoms with E-state index in [2.05, 4.69) is 10.5 Å². The molecule has 124 valence electrons. The summed E-state index contributed by atoms with van der Waals surface area (Å²) < 4.78 is 13.9. The van der Waals surface area contributed by atoms with Crippen LogP contribution < -0.4 is 5.32 Å². The maximum absolute atomic E-state index is 13.9. The number of hydrogen-bond donors (Lipinski definition) is 1. The highest BCUT2D eigenvalue weighted by atomic mass is 35.5. The Balaban J connectivity index is 1.54. The summed E-state index contributed by atoms with van der Waals surface area (Å²) in [5.41, 5.74) is 1.68. The molecule has 1 aliphatic rings. The molecule has 1 heterocycles. The average Bonchev–Trinajstić information content (AvgIpc) is 3.05. The van der Waals surface area contributed by atoms with E-state index in [-0.39, 0.29) is 22.9 Å². The molecule has 2 aromatic rings. The van der Waals surface area contributed by atoms with Crippen LogP contribution in [0.3, 0.4) is 0 Å². The van der Waals surface area contributed by atoms with Gasteiger partial charge in [-0.15, -0.1) is 0 Å². The van der Waals surface area contributed by atoms with Gasteiger partial charge >= 0.3 is 0 Å². The summed E-state index contributed by atoms with van der Waals surface area (Å²) >= 11 is 6.01. The van der Waals surface area contributed by atoms with Gasteiger partial charge in [-0.1, -0.05) is 53.2 Å². The summed E-state index contributed by atoms with van der Waals surface area (Å²) in [5, 5.41) is 6.89. The lowest BCUT2D eigenvalue weighted by molar-refractivity contribution is -0.131. The Morgan fingerprint density at radius 1 is 1.25 bits per heavy atom. The van der Waals surface area contributed by atoms with Gasteiger partial charge < -0.3 is 10.2 Å². The second-order valence-electron chi connectivity index (χ2n) is 5.46. The van der Waals surface area contributed by atoms with Crippen LogP contribution in [0.15, 0.2) is 53.7 Å². The van der Waals surface area contributed by atoms with Crippen LogP contribution in [0.5, 0.6) is 0 Å². The Hall–Kier alpha value is -2.40. The van der Waals surface area contributed by atoms with Crippen LogP contribution in [0.25, 0.3) is 0 Å². The molecule has 4 nitrogen and oxygen atoms in total. The SMILES string of the molecule is O=C(NCCc1ccccc1)[C@@H]1CC(c2c(F)cccc2Cl)=NO1. The first-order valence-corrected chi connectivity index (χ1v) is 8.01. The molecule has 0 aliphatic carbocycles. The number of hydrogen-bond acceptors (Lipinski definition) is 3. The number of nitrogens with zero attached hydrogens (tertiary/aromatic N) is 1. The molecular weight excluding hydrogens is 331 g/mol. The maximum Gasteiger partial charge on any atom is 0.264 e. The van der Waals surface area contributed by atoms with Crippen LogP contribution in [0, 0.1) is 5.82 Å². The smallest absolute Gasteiger partial charge is 0.264 e. The molecule has 1 amide bonds. The lowest BCUT2D eigenvalue weighted by Crippen LogP contribution is -2.36. The number of nitrogens with one attached hydrogen (secondary N) is 1. The molecular formula is C18H16ClFN2O2. The largest absolute Gasteiger partial charge is 0.382 e. The third kappa shape index (κ3) is 3.74. The molecule has 1 aliphatic heterocycles. The molecule has 1 atom stereocenters. The van der Waals surface area contributed by atoms with Gasteiger partial charge in [0.25, 0.3) is 5.91 Å². The molecule has 2 aromatic carbocycles. The average molecular weight is 347 g/mol. The Morgan fingerprint density at radius 3 is 2.79 bits per heavy atom. The van der Waals surface area contributed by atoms with Gasteiger partial charge in [0, 0.05) is 13.0 Å². The van der Waals surface area contributed by atoms with Crippen molar-refractivity contribution in [2.45, 2.75) is 18.9 Å². The standard InChI is InChI=1S/C18H16ClFN2O2/c19-13-7-4-8-14(20)17(13)15-11-16(24-22-15)18(23)21-10-9-12-5-2-1-3-6-12/h1-8,16H,9-11H2,(H,21,23)/t16-/m0/s1. The van der Waals surface area contributed by atoms with Gasteiger partial charge in [-0.25, -0.2) is 4.39 Å². The Labute approximate surface area is 144 Å². The zero-order valence-electron chi connectivity index (χ0n) is 12.8. The summed E-state index contributed by atoms with van der Waals surface area (Å²) in [4.78, 5) is 17.3. The molecule has 6 heteroatoms. The third-order valence-electron chi connectivity index (χ3n) is 3.77. The molecule has 0 fully saturated rings. The van der Waals surface area contributed by atoms with Gasteiger partial charge in [-0.2, -0.15) is 0 Å². The van der Waals surface area contributed by atoms with Crippen molar-refractivity contribution in [3.8, 4) is 0 Å². The summed E-state index contributed by atoms with van der Waals surface area (Å²) in [6.45, 7) is 0.499. The van der Waals surface area contributed by atoms with Crippen LogP contribution in [-0.4, -0.2) is 24.3 Å². The van der Waals surface area contributed by atoms with Crippen LogP contribution in [0.4, 0.5) is 4.39 Å². The summed E-state index contributed by atoms with van der Waals surface area (Å²) in [6.07, 6.45) is 0.163. The quantitative estimate of drug-likeness (QED) is 0.902. The van der Waals surface area contributed by atoms with Crippen LogP contribution in [0.1, 0.15) is 17.5 Å².